The largest absolute Gasteiger partial charge is 0.464 e. The van der Waals surface area contributed by atoms with E-state index in [4.69, 9.17) is 14.7 Å². The number of hydrogen-bond donors (Lipinski definition) is 0. The van der Waals surface area contributed by atoms with Crippen LogP contribution < -0.4 is 5.43 Å². The number of aromatic nitrogens is 2. The van der Waals surface area contributed by atoms with Crippen LogP contribution in [0.5, 0.6) is 0 Å². The zero-order valence-electron chi connectivity index (χ0n) is 19.1. The number of esters is 1. The Morgan fingerprint density at radius 1 is 1.11 bits per heavy atom. The first kappa shape index (κ1) is 23.9. The van der Waals surface area contributed by atoms with Crippen LogP contribution >= 0.6 is 0 Å². The summed E-state index contributed by atoms with van der Waals surface area (Å²) < 4.78 is 11.9. The molecule has 178 valence electrons. The van der Waals surface area contributed by atoms with Gasteiger partial charge in [-0.15, -0.1) is 0 Å². The topological polar surface area (TPSA) is 115 Å². The van der Waals surface area contributed by atoms with Crippen LogP contribution in [-0.4, -0.2) is 59.5 Å². The van der Waals surface area contributed by atoms with Crippen LogP contribution in [0.2, 0.25) is 0 Å². The fourth-order valence-electron chi connectivity index (χ4n) is 3.75. The van der Waals surface area contributed by atoms with E-state index in [1.165, 1.54) is 6.07 Å². The summed E-state index contributed by atoms with van der Waals surface area (Å²) in [6.07, 6.45) is 1.94. The van der Waals surface area contributed by atoms with Crippen molar-refractivity contribution < 1.29 is 19.1 Å². The number of nitrogens with zero attached hydrogens (tertiary/aromatic N) is 4. The molecule has 0 radical (unpaired) electrons. The van der Waals surface area contributed by atoms with Crippen LogP contribution in [0.4, 0.5) is 0 Å². The summed E-state index contributed by atoms with van der Waals surface area (Å²) >= 11 is 0. The molecule has 2 aromatic carbocycles. The van der Waals surface area contributed by atoms with Gasteiger partial charge in [-0.1, -0.05) is 30.3 Å². The molecular formula is C26H24N4O5. The van der Waals surface area contributed by atoms with Crippen LogP contribution in [0.1, 0.15) is 22.4 Å². The number of benzene rings is 2. The molecule has 0 aliphatic carbocycles. The number of ether oxygens (including phenoxy) is 2. The predicted molar refractivity (Wildman–Crippen MR) is 126 cm³/mol. The first-order valence-electron chi connectivity index (χ1n) is 11.2. The number of morpholine rings is 1. The van der Waals surface area contributed by atoms with Gasteiger partial charge in [0.2, 0.25) is 11.3 Å². The minimum absolute atomic E-state index is 0.0638. The normalized spacial score (nSPS) is 13.3. The molecule has 1 aromatic heterocycles. The highest BCUT2D eigenvalue weighted by molar-refractivity contribution is 5.78. The molecule has 0 bridgehead atoms. The summed E-state index contributed by atoms with van der Waals surface area (Å²) in [7, 11) is 0. The second-order valence-corrected chi connectivity index (χ2v) is 8.06. The maximum atomic E-state index is 12.4. The molecule has 1 fully saturated rings. The third-order valence-corrected chi connectivity index (χ3v) is 5.54. The summed E-state index contributed by atoms with van der Waals surface area (Å²) in [5, 5.41) is 13.6. The minimum Gasteiger partial charge on any atom is -0.464 e. The number of amides is 1. The molecule has 1 aliphatic rings. The maximum Gasteiger partial charge on any atom is 0.310 e. The van der Waals surface area contributed by atoms with Gasteiger partial charge in [-0.25, -0.2) is 4.68 Å². The van der Waals surface area contributed by atoms with Crippen LogP contribution in [0.15, 0.2) is 65.6 Å². The molecule has 1 amide bonds. The van der Waals surface area contributed by atoms with Gasteiger partial charge in [0, 0.05) is 25.2 Å². The summed E-state index contributed by atoms with van der Waals surface area (Å²) in [5.41, 5.74) is 2.93. The predicted octanol–water partition coefficient (Wildman–Crippen LogP) is 1.64. The molecule has 9 nitrogen and oxygen atoms in total. The van der Waals surface area contributed by atoms with E-state index in [9.17, 15) is 14.4 Å². The molecule has 0 saturated carbocycles. The SMILES string of the molecule is N#Cc1cccc(-n2ccc(=O)c(Cc3cccc(CC(=O)OCCN4CCOCC4=O)c3)n2)c1. The monoisotopic (exact) mass is 472 g/mol. The Balaban J connectivity index is 1.38. The second kappa shape index (κ2) is 11.2. The van der Waals surface area contributed by atoms with Crippen molar-refractivity contribution in [2.75, 3.05) is 32.9 Å². The highest BCUT2D eigenvalue weighted by Crippen LogP contribution is 2.12. The first-order chi connectivity index (χ1) is 17.0. The van der Waals surface area contributed by atoms with Crippen LogP contribution in [0.3, 0.4) is 0 Å². The van der Waals surface area contributed by atoms with Crippen LogP contribution in [-0.2, 0) is 31.9 Å². The van der Waals surface area contributed by atoms with Crippen molar-refractivity contribution in [1.82, 2.24) is 14.7 Å². The van der Waals surface area contributed by atoms with Gasteiger partial charge in [-0.05, 0) is 29.3 Å². The number of carbonyl (C=O) groups is 2. The van der Waals surface area contributed by atoms with Crippen molar-refractivity contribution in [1.29, 1.82) is 5.26 Å². The van der Waals surface area contributed by atoms with Gasteiger partial charge in [0.25, 0.3) is 0 Å². The molecule has 0 atom stereocenters. The van der Waals surface area contributed by atoms with Crippen LogP contribution in [0.25, 0.3) is 5.69 Å². The van der Waals surface area contributed by atoms with Crippen LogP contribution in [0, 0.1) is 11.3 Å². The minimum atomic E-state index is -0.388. The van der Waals surface area contributed by atoms with E-state index in [0.717, 1.165) is 11.1 Å². The molecule has 4 rings (SSSR count). The Bertz CT molecular complexity index is 1330. The zero-order chi connectivity index (χ0) is 24.6. The third kappa shape index (κ3) is 6.40. The Morgan fingerprint density at radius 3 is 2.77 bits per heavy atom. The van der Waals surface area contributed by atoms with Crippen molar-refractivity contribution in [2.45, 2.75) is 12.8 Å². The smallest absolute Gasteiger partial charge is 0.310 e. The first-order valence-corrected chi connectivity index (χ1v) is 11.2. The highest BCUT2D eigenvalue weighted by Gasteiger charge is 2.18. The standard InChI is InChI=1S/C26H24N4O5/c27-17-21-5-2-6-22(14-21)30-8-7-24(31)23(28-30)15-19-3-1-4-20(13-19)16-26(33)35-12-10-29-9-11-34-18-25(29)32/h1-8,13-14H,9-12,15-16,18H2. The van der Waals surface area contributed by atoms with E-state index in [1.807, 2.05) is 30.3 Å². The van der Waals surface area contributed by atoms with Gasteiger partial charge in [0.15, 0.2) is 0 Å². The maximum absolute atomic E-state index is 12.4. The number of rotatable bonds is 8. The zero-order valence-corrected chi connectivity index (χ0v) is 19.1. The molecule has 3 aromatic rings. The Labute approximate surface area is 202 Å². The van der Waals surface area contributed by atoms with Gasteiger partial charge in [0.05, 0.1) is 36.9 Å². The van der Waals surface area contributed by atoms with E-state index in [-0.39, 0.29) is 36.9 Å². The van der Waals surface area contributed by atoms with E-state index in [0.29, 0.717) is 43.1 Å². The quantitative estimate of drug-likeness (QED) is 0.458. The fourth-order valence-corrected chi connectivity index (χ4v) is 3.75. The Hall–Kier alpha value is -4.29. The highest BCUT2D eigenvalue weighted by atomic mass is 16.5. The lowest BCUT2D eigenvalue weighted by atomic mass is 10.0. The summed E-state index contributed by atoms with van der Waals surface area (Å²) in [6, 6.07) is 17.9. The van der Waals surface area contributed by atoms with Gasteiger partial charge >= 0.3 is 5.97 Å². The van der Waals surface area contributed by atoms with Crippen molar-refractivity contribution >= 4 is 11.9 Å². The lowest BCUT2D eigenvalue weighted by Gasteiger charge is -2.26. The molecule has 0 unspecified atom stereocenters. The van der Waals surface area contributed by atoms with Crippen molar-refractivity contribution in [3.8, 4) is 11.8 Å². The van der Waals surface area contributed by atoms with E-state index < -0.39 is 0 Å². The van der Waals surface area contributed by atoms with Gasteiger partial charge in [0.1, 0.15) is 18.9 Å². The lowest BCUT2D eigenvalue weighted by Crippen LogP contribution is -2.43. The van der Waals surface area contributed by atoms with E-state index in [1.54, 1.807) is 34.0 Å². The molecule has 1 saturated heterocycles. The van der Waals surface area contributed by atoms with Crippen molar-refractivity contribution in [2.24, 2.45) is 0 Å². The summed E-state index contributed by atoms with van der Waals surface area (Å²) in [6.45, 7) is 1.52. The molecule has 35 heavy (non-hydrogen) atoms. The number of hydrogen-bond acceptors (Lipinski definition) is 7. The van der Waals surface area contributed by atoms with E-state index in [2.05, 4.69) is 11.2 Å². The summed E-state index contributed by atoms with van der Waals surface area (Å²) in [4.78, 5) is 38.0. The second-order valence-electron chi connectivity index (χ2n) is 8.06. The van der Waals surface area contributed by atoms with Crippen molar-refractivity contribution in [3.05, 3.63) is 93.4 Å². The van der Waals surface area contributed by atoms with Gasteiger partial charge in [-0.3, -0.25) is 14.4 Å². The summed E-state index contributed by atoms with van der Waals surface area (Å²) in [5.74, 6) is -0.494. The number of nitriles is 1. The van der Waals surface area contributed by atoms with Crippen molar-refractivity contribution in [3.63, 3.8) is 0 Å². The Morgan fingerprint density at radius 2 is 1.94 bits per heavy atom. The molecule has 9 heteroatoms. The molecular weight excluding hydrogens is 448 g/mol. The molecule has 0 spiro atoms. The molecule has 2 heterocycles. The average molecular weight is 473 g/mol. The molecule has 1 aliphatic heterocycles. The molecule has 0 N–H and O–H groups in total. The number of carbonyl (C=O) groups excluding carboxylic acids is 2. The average Bonchev–Trinajstić information content (AvgIpc) is 2.87. The van der Waals surface area contributed by atoms with E-state index >= 15 is 0 Å². The third-order valence-electron chi connectivity index (χ3n) is 5.54. The van der Waals surface area contributed by atoms with Gasteiger partial charge in [-0.2, -0.15) is 10.4 Å². The lowest BCUT2D eigenvalue weighted by molar-refractivity contribution is -0.149. The Kier molecular flexibility index (Phi) is 7.65. The fraction of sp³-hybridized carbons (Fsp3) is 0.269. The van der Waals surface area contributed by atoms with Gasteiger partial charge < -0.3 is 14.4 Å².